The standard InChI is InChI=1S/C24H22ClNO5S/c1-29-21-12-16(6-7-20(21)30-14-18-4-2-3-5-19(18)25)24(28)31-15-23(27)26-10-8-22-17(13-26)9-11-32-22/h2-7,9,11-12H,8,10,13-15H2,1H3. The Balaban J connectivity index is 1.34. The fraction of sp³-hybridized carbons (Fsp3) is 0.250. The van der Waals surface area contributed by atoms with E-state index >= 15 is 0 Å². The van der Waals surface area contributed by atoms with Crippen LogP contribution in [0, 0.1) is 0 Å². The highest BCUT2D eigenvalue weighted by molar-refractivity contribution is 7.10. The number of hydrogen-bond acceptors (Lipinski definition) is 6. The fourth-order valence-corrected chi connectivity index (χ4v) is 4.53. The SMILES string of the molecule is COc1cc(C(=O)OCC(=O)N2CCc3sccc3C2)ccc1OCc1ccccc1Cl. The van der Waals surface area contributed by atoms with Crippen molar-refractivity contribution in [2.45, 2.75) is 19.6 Å². The maximum atomic E-state index is 12.5. The first-order chi connectivity index (χ1) is 15.5. The Bertz CT molecular complexity index is 1130. The van der Waals surface area contributed by atoms with Crippen LogP contribution in [-0.2, 0) is 29.1 Å². The van der Waals surface area contributed by atoms with E-state index in [1.165, 1.54) is 18.1 Å². The van der Waals surface area contributed by atoms with E-state index in [2.05, 4.69) is 0 Å². The molecular weight excluding hydrogens is 450 g/mol. The topological polar surface area (TPSA) is 65.1 Å². The minimum Gasteiger partial charge on any atom is -0.493 e. The molecule has 32 heavy (non-hydrogen) atoms. The summed E-state index contributed by atoms with van der Waals surface area (Å²) in [4.78, 5) is 28.0. The number of thiophene rings is 1. The van der Waals surface area contributed by atoms with Gasteiger partial charge in [0, 0.05) is 28.6 Å². The number of carbonyl (C=O) groups is 2. The third-order valence-electron chi connectivity index (χ3n) is 5.23. The lowest BCUT2D eigenvalue weighted by atomic mass is 10.1. The van der Waals surface area contributed by atoms with Gasteiger partial charge >= 0.3 is 5.97 Å². The van der Waals surface area contributed by atoms with Gasteiger partial charge in [0.1, 0.15) is 6.61 Å². The molecule has 0 saturated carbocycles. The number of hydrogen-bond donors (Lipinski definition) is 0. The highest BCUT2D eigenvalue weighted by atomic mass is 35.5. The molecule has 0 radical (unpaired) electrons. The van der Waals surface area contributed by atoms with Gasteiger partial charge in [0.2, 0.25) is 0 Å². The average Bonchev–Trinajstić information content (AvgIpc) is 3.29. The van der Waals surface area contributed by atoms with Gasteiger partial charge in [-0.25, -0.2) is 4.79 Å². The second-order valence-corrected chi connectivity index (χ2v) is 8.66. The summed E-state index contributed by atoms with van der Waals surface area (Å²) in [5, 5.41) is 2.65. The maximum Gasteiger partial charge on any atom is 0.338 e. The molecule has 3 aromatic rings. The van der Waals surface area contributed by atoms with Crippen LogP contribution in [0.3, 0.4) is 0 Å². The second-order valence-electron chi connectivity index (χ2n) is 7.26. The minimum atomic E-state index is -0.595. The van der Waals surface area contributed by atoms with E-state index in [1.807, 2.05) is 29.6 Å². The summed E-state index contributed by atoms with van der Waals surface area (Å²) in [5.74, 6) is 0.0585. The first-order valence-corrected chi connectivity index (χ1v) is 11.4. The Labute approximate surface area is 195 Å². The third-order valence-corrected chi connectivity index (χ3v) is 6.62. The molecule has 1 aliphatic rings. The van der Waals surface area contributed by atoms with Crippen molar-refractivity contribution in [1.82, 2.24) is 4.90 Å². The second kappa shape index (κ2) is 10.1. The zero-order valence-electron chi connectivity index (χ0n) is 17.5. The molecule has 0 unspecified atom stereocenters. The quantitative estimate of drug-likeness (QED) is 0.466. The normalized spacial score (nSPS) is 12.8. The van der Waals surface area contributed by atoms with Crippen LogP contribution in [0.15, 0.2) is 53.9 Å². The van der Waals surface area contributed by atoms with Crippen LogP contribution in [0.4, 0.5) is 0 Å². The third kappa shape index (κ3) is 5.06. The largest absolute Gasteiger partial charge is 0.493 e. The molecule has 0 atom stereocenters. The summed E-state index contributed by atoms with van der Waals surface area (Å²) < 4.78 is 16.4. The molecule has 1 aliphatic heterocycles. The number of methoxy groups -OCH3 is 1. The molecule has 0 bridgehead atoms. The summed E-state index contributed by atoms with van der Waals surface area (Å²) >= 11 is 7.87. The van der Waals surface area contributed by atoms with Gasteiger partial charge in [-0.3, -0.25) is 4.79 Å². The molecule has 166 valence electrons. The van der Waals surface area contributed by atoms with E-state index < -0.39 is 5.97 Å². The van der Waals surface area contributed by atoms with Crippen LogP contribution in [0.2, 0.25) is 5.02 Å². The number of fused-ring (bicyclic) bond motifs is 1. The first-order valence-electron chi connectivity index (χ1n) is 10.1. The lowest BCUT2D eigenvalue weighted by molar-refractivity contribution is -0.135. The van der Waals surface area contributed by atoms with Crippen molar-refractivity contribution < 1.29 is 23.8 Å². The smallest absolute Gasteiger partial charge is 0.338 e. The Kier molecular flexibility index (Phi) is 6.97. The van der Waals surface area contributed by atoms with Crippen LogP contribution in [0.1, 0.15) is 26.4 Å². The van der Waals surface area contributed by atoms with Gasteiger partial charge in [0.05, 0.1) is 12.7 Å². The highest BCUT2D eigenvalue weighted by Gasteiger charge is 2.23. The molecule has 1 amide bonds. The van der Waals surface area contributed by atoms with Crippen LogP contribution >= 0.6 is 22.9 Å². The predicted octanol–water partition coefficient (Wildman–Crippen LogP) is 4.73. The van der Waals surface area contributed by atoms with Crippen LogP contribution in [0.5, 0.6) is 11.5 Å². The molecule has 2 aromatic carbocycles. The van der Waals surface area contributed by atoms with Crippen LogP contribution < -0.4 is 9.47 Å². The van der Waals surface area contributed by atoms with E-state index in [4.69, 9.17) is 25.8 Å². The summed E-state index contributed by atoms with van der Waals surface area (Å²) in [5.41, 5.74) is 2.28. The Morgan fingerprint density at radius 1 is 1.12 bits per heavy atom. The van der Waals surface area contributed by atoms with Crippen molar-refractivity contribution >= 4 is 34.8 Å². The van der Waals surface area contributed by atoms with Crippen LogP contribution in [-0.4, -0.2) is 37.0 Å². The van der Waals surface area contributed by atoms with Gasteiger partial charge < -0.3 is 19.1 Å². The zero-order valence-corrected chi connectivity index (χ0v) is 19.1. The van der Waals surface area contributed by atoms with Crippen molar-refractivity contribution in [1.29, 1.82) is 0 Å². The van der Waals surface area contributed by atoms with Gasteiger partial charge in [-0.15, -0.1) is 11.3 Å². The Morgan fingerprint density at radius 2 is 1.97 bits per heavy atom. The van der Waals surface area contributed by atoms with Crippen molar-refractivity contribution in [3.8, 4) is 11.5 Å². The van der Waals surface area contributed by atoms with Crippen LogP contribution in [0.25, 0.3) is 0 Å². The number of benzene rings is 2. The summed E-state index contributed by atoms with van der Waals surface area (Å²) in [7, 11) is 1.49. The lowest BCUT2D eigenvalue weighted by Crippen LogP contribution is -2.38. The summed E-state index contributed by atoms with van der Waals surface area (Å²) in [6, 6.07) is 14.2. The molecular formula is C24H22ClNO5S. The summed E-state index contributed by atoms with van der Waals surface area (Å²) in [6.07, 6.45) is 0.833. The maximum absolute atomic E-state index is 12.5. The van der Waals surface area contributed by atoms with Crippen molar-refractivity contribution in [3.05, 3.63) is 80.5 Å². The molecule has 0 fully saturated rings. The number of rotatable bonds is 7. The van der Waals surface area contributed by atoms with Gasteiger partial charge in [0.25, 0.3) is 5.91 Å². The van der Waals surface area contributed by atoms with Gasteiger partial charge in [-0.05, 0) is 47.7 Å². The van der Waals surface area contributed by atoms with E-state index in [0.29, 0.717) is 29.6 Å². The monoisotopic (exact) mass is 471 g/mol. The van der Waals surface area contributed by atoms with Crippen molar-refractivity contribution in [2.75, 3.05) is 20.3 Å². The Hall–Kier alpha value is -3.03. The number of carbonyl (C=O) groups excluding carboxylic acids is 2. The number of esters is 1. The van der Waals surface area contributed by atoms with Gasteiger partial charge in [-0.1, -0.05) is 29.8 Å². The molecule has 8 heteroatoms. The lowest BCUT2D eigenvalue weighted by Gasteiger charge is -2.26. The fourth-order valence-electron chi connectivity index (χ4n) is 3.45. The molecule has 0 aliphatic carbocycles. The predicted molar refractivity (Wildman–Crippen MR) is 123 cm³/mol. The van der Waals surface area contributed by atoms with Crippen molar-refractivity contribution in [3.63, 3.8) is 0 Å². The number of nitrogens with zero attached hydrogens (tertiary/aromatic N) is 1. The first kappa shape index (κ1) is 22.2. The van der Waals surface area contributed by atoms with Gasteiger partial charge in [0.15, 0.2) is 18.1 Å². The van der Waals surface area contributed by atoms with E-state index in [1.54, 1.807) is 34.4 Å². The average molecular weight is 472 g/mol. The van der Waals surface area contributed by atoms with E-state index in [9.17, 15) is 9.59 Å². The van der Waals surface area contributed by atoms with E-state index in [0.717, 1.165) is 17.5 Å². The highest BCUT2D eigenvalue weighted by Crippen LogP contribution is 2.30. The Morgan fingerprint density at radius 3 is 2.78 bits per heavy atom. The molecule has 1 aromatic heterocycles. The molecule has 2 heterocycles. The number of ether oxygens (including phenoxy) is 3. The summed E-state index contributed by atoms with van der Waals surface area (Å²) in [6.45, 7) is 1.15. The molecule has 4 rings (SSSR count). The minimum absolute atomic E-state index is 0.207. The van der Waals surface area contributed by atoms with Gasteiger partial charge in [-0.2, -0.15) is 0 Å². The zero-order chi connectivity index (χ0) is 22.5. The van der Waals surface area contributed by atoms with E-state index in [-0.39, 0.29) is 24.7 Å². The van der Waals surface area contributed by atoms with Crippen molar-refractivity contribution in [2.24, 2.45) is 0 Å². The number of halogens is 1. The molecule has 0 spiro atoms. The molecule has 0 N–H and O–H groups in total. The molecule has 6 nitrogen and oxygen atoms in total. The number of amides is 1. The molecule has 0 saturated heterocycles.